The number of thiazole rings is 1. The molecule has 16 heavy (non-hydrogen) atoms. The largest absolute Gasteiger partial charge is 0.314 e. The first kappa shape index (κ1) is 13.7. The van der Waals surface area contributed by atoms with Gasteiger partial charge in [0, 0.05) is 10.9 Å². The third-order valence-corrected chi connectivity index (χ3v) is 3.98. The quantitative estimate of drug-likeness (QED) is 0.789. The lowest BCUT2D eigenvalue weighted by molar-refractivity contribution is 0.498. The fourth-order valence-electron chi connectivity index (χ4n) is 1.70. The van der Waals surface area contributed by atoms with E-state index in [0.29, 0.717) is 6.04 Å². The molecule has 0 saturated carbocycles. The van der Waals surface area contributed by atoms with Crippen molar-refractivity contribution in [3.63, 3.8) is 0 Å². The van der Waals surface area contributed by atoms with Crippen molar-refractivity contribution in [2.75, 3.05) is 6.54 Å². The van der Waals surface area contributed by atoms with Crippen LogP contribution in [0, 0.1) is 13.8 Å². The van der Waals surface area contributed by atoms with Gasteiger partial charge in [0.05, 0.1) is 10.7 Å². The highest BCUT2D eigenvalue weighted by Gasteiger charge is 2.05. The molecule has 0 aromatic carbocycles. The summed E-state index contributed by atoms with van der Waals surface area (Å²) in [5.41, 5.74) is 1.21. The number of rotatable bonds is 7. The number of nitrogens with one attached hydrogen (secondary N) is 1. The molecule has 1 unspecified atom stereocenters. The smallest absolute Gasteiger partial charge is 0.0930 e. The molecule has 0 radical (unpaired) electrons. The van der Waals surface area contributed by atoms with Gasteiger partial charge in [-0.15, -0.1) is 11.3 Å². The summed E-state index contributed by atoms with van der Waals surface area (Å²) in [4.78, 5) is 5.94. The Kier molecular flexibility index (Phi) is 5.99. The monoisotopic (exact) mass is 240 g/mol. The second kappa shape index (κ2) is 7.02. The average molecular weight is 240 g/mol. The van der Waals surface area contributed by atoms with Crippen molar-refractivity contribution in [1.82, 2.24) is 10.3 Å². The highest BCUT2D eigenvalue weighted by Crippen LogP contribution is 2.18. The zero-order valence-electron chi connectivity index (χ0n) is 11.0. The molecular weight excluding hydrogens is 216 g/mol. The van der Waals surface area contributed by atoms with Crippen LogP contribution < -0.4 is 5.32 Å². The molecule has 0 saturated heterocycles. The maximum Gasteiger partial charge on any atom is 0.0930 e. The molecule has 0 aliphatic rings. The van der Waals surface area contributed by atoms with Gasteiger partial charge >= 0.3 is 0 Å². The fourth-order valence-corrected chi connectivity index (χ4v) is 2.67. The van der Waals surface area contributed by atoms with Gasteiger partial charge in [-0.2, -0.15) is 0 Å². The van der Waals surface area contributed by atoms with Gasteiger partial charge in [0.2, 0.25) is 0 Å². The van der Waals surface area contributed by atoms with Crippen LogP contribution in [0.4, 0.5) is 0 Å². The van der Waals surface area contributed by atoms with Gasteiger partial charge in [-0.05, 0) is 53.0 Å². The van der Waals surface area contributed by atoms with Crippen molar-refractivity contribution >= 4 is 11.3 Å². The molecule has 0 amide bonds. The molecule has 1 rings (SSSR count). The normalized spacial score (nSPS) is 13.0. The van der Waals surface area contributed by atoms with Gasteiger partial charge in [-0.25, -0.2) is 4.98 Å². The number of hydrogen-bond donors (Lipinski definition) is 1. The molecule has 92 valence electrons. The maximum atomic E-state index is 4.57. The van der Waals surface area contributed by atoms with E-state index in [9.17, 15) is 0 Å². The van der Waals surface area contributed by atoms with Gasteiger partial charge in [0.15, 0.2) is 0 Å². The highest BCUT2D eigenvalue weighted by molar-refractivity contribution is 7.11. The van der Waals surface area contributed by atoms with Crippen molar-refractivity contribution in [1.29, 1.82) is 0 Å². The van der Waals surface area contributed by atoms with E-state index in [0.717, 1.165) is 13.0 Å². The summed E-state index contributed by atoms with van der Waals surface area (Å²) < 4.78 is 0. The summed E-state index contributed by atoms with van der Waals surface area (Å²) in [6.07, 6.45) is 4.84. The SMILES string of the molecule is CCCNC(C)CCCc1nc(C)c(C)s1. The molecule has 0 bridgehead atoms. The Labute approximate surface area is 103 Å². The highest BCUT2D eigenvalue weighted by atomic mass is 32.1. The van der Waals surface area contributed by atoms with Crippen LogP contribution in [0.3, 0.4) is 0 Å². The van der Waals surface area contributed by atoms with Crippen molar-refractivity contribution in [2.24, 2.45) is 0 Å². The van der Waals surface area contributed by atoms with Crippen LogP contribution in [-0.4, -0.2) is 17.6 Å². The first-order valence-electron chi connectivity index (χ1n) is 6.29. The number of aromatic nitrogens is 1. The lowest BCUT2D eigenvalue weighted by atomic mass is 10.1. The third-order valence-electron chi connectivity index (χ3n) is 2.84. The lowest BCUT2D eigenvalue weighted by Crippen LogP contribution is -2.26. The van der Waals surface area contributed by atoms with E-state index in [1.54, 1.807) is 0 Å². The fraction of sp³-hybridized carbons (Fsp3) is 0.769. The van der Waals surface area contributed by atoms with Gasteiger partial charge in [-0.1, -0.05) is 6.92 Å². The minimum absolute atomic E-state index is 0.641. The molecule has 0 aliphatic heterocycles. The minimum Gasteiger partial charge on any atom is -0.314 e. The molecule has 1 aromatic heterocycles. The van der Waals surface area contributed by atoms with Gasteiger partial charge in [0.1, 0.15) is 0 Å². The predicted molar refractivity (Wildman–Crippen MR) is 72.3 cm³/mol. The van der Waals surface area contributed by atoms with Gasteiger partial charge in [0.25, 0.3) is 0 Å². The van der Waals surface area contributed by atoms with E-state index in [-0.39, 0.29) is 0 Å². The van der Waals surface area contributed by atoms with E-state index in [1.807, 2.05) is 11.3 Å². The Morgan fingerprint density at radius 3 is 2.69 bits per heavy atom. The van der Waals surface area contributed by atoms with Crippen molar-refractivity contribution in [2.45, 2.75) is 59.4 Å². The zero-order chi connectivity index (χ0) is 12.0. The van der Waals surface area contributed by atoms with E-state index >= 15 is 0 Å². The topological polar surface area (TPSA) is 24.9 Å². The summed E-state index contributed by atoms with van der Waals surface area (Å²) in [5.74, 6) is 0. The molecule has 1 aromatic rings. The van der Waals surface area contributed by atoms with Crippen LogP contribution in [0.15, 0.2) is 0 Å². The molecular formula is C13H24N2S. The summed E-state index contributed by atoms with van der Waals surface area (Å²) in [6.45, 7) is 9.87. The second-order valence-corrected chi connectivity index (χ2v) is 5.78. The first-order chi connectivity index (χ1) is 7.63. The summed E-state index contributed by atoms with van der Waals surface area (Å²) in [6, 6.07) is 0.641. The van der Waals surface area contributed by atoms with E-state index in [2.05, 4.69) is 38.0 Å². The summed E-state index contributed by atoms with van der Waals surface area (Å²) in [7, 11) is 0. The van der Waals surface area contributed by atoms with E-state index in [4.69, 9.17) is 0 Å². The molecule has 3 heteroatoms. The van der Waals surface area contributed by atoms with Crippen LogP contribution in [0.5, 0.6) is 0 Å². The van der Waals surface area contributed by atoms with Crippen molar-refractivity contribution in [3.05, 3.63) is 15.6 Å². The van der Waals surface area contributed by atoms with Crippen LogP contribution >= 0.6 is 11.3 Å². The molecule has 1 atom stereocenters. The van der Waals surface area contributed by atoms with Crippen LogP contribution in [0.25, 0.3) is 0 Å². The second-order valence-electron chi connectivity index (χ2n) is 4.50. The summed E-state index contributed by atoms with van der Waals surface area (Å²) in [5, 5.41) is 4.82. The van der Waals surface area contributed by atoms with Crippen molar-refractivity contribution < 1.29 is 0 Å². The third kappa shape index (κ3) is 4.62. The number of hydrogen-bond acceptors (Lipinski definition) is 3. The summed E-state index contributed by atoms with van der Waals surface area (Å²) >= 11 is 1.85. The molecule has 1 N–H and O–H groups in total. The van der Waals surface area contributed by atoms with E-state index in [1.165, 1.54) is 34.8 Å². The number of nitrogens with zero attached hydrogens (tertiary/aromatic N) is 1. The maximum absolute atomic E-state index is 4.57. The van der Waals surface area contributed by atoms with Gasteiger partial charge in [-0.3, -0.25) is 0 Å². The Morgan fingerprint density at radius 2 is 2.12 bits per heavy atom. The zero-order valence-corrected chi connectivity index (χ0v) is 11.8. The van der Waals surface area contributed by atoms with E-state index < -0.39 is 0 Å². The molecule has 1 heterocycles. The van der Waals surface area contributed by atoms with Gasteiger partial charge < -0.3 is 5.32 Å². The van der Waals surface area contributed by atoms with Crippen molar-refractivity contribution in [3.8, 4) is 0 Å². The Balaban J connectivity index is 2.20. The Bertz CT molecular complexity index is 287. The lowest BCUT2D eigenvalue weighted by Gasteiger charge is -2.11. The van der Waals surface area contributed by atoms with Crippen LogP contribution in [0.2, 0.25) is 0 Å². The number of aryl methyl sites for hydroxylation is 3. The Hall–Kier alpha value is -0.410. The molecule has 2 nitrogen and oxygen atoms in total. The first-order valence-corrected chi connectivity index (χ1v) is 7.11. The average Bonchev–Trinajstić information content (AvgIpc) is 2.55. The molecule has 0 spiro atoms. The predicted octanol–water partition coefficient (Wildman–Crippen LogP) is 3.47. The van der Waals surface area contributed by atoms with Crippen LogP contribution in [0.1, 0.15) is 48.7 Å². The Morgan fingerprint density at radius 1 is 1.38 bits per heavy atom. The molecule has 0 aliphatic carbocycles. The van der Waals surface area contributed by atoms with Crippen LogP contribution in [-0.2, 0) is 6.42 Å². The minimum atomic E-state index is 0.641. The molecule has 0 fully saturated rings. The standard InChI is InChI=1S/C13H24N2S/c1-5-9-14-10(2)7-6-8-13-15-11(3)12(4)16-13/h10,14H,5-9H2,1-4H3.